The van der Waals surface area contributed by atoms with E-state index >= 15 is 0 Å². The molecule has 3 heteroatoms. The summed E-state index contributed by atoms with van der Waals surface area (Å²) in [5, 5.41) is 0. The second-order valence-corrected chi connectivity index (χ2v) is 7.03. The summed E-state index contributed by atoms with van der Waals surface area (Å²) in [7, 11) is 0. The SMILES string of the molecule is CC(C)(C)c1ccc(Oc2ccc(CCN)cc2Br)cc1. The minimum Gasteiger partial charge on any atom is -0.456 e. The third-order valence-corrected chi connectivity index (χ3v) is 4.00. The molecule has 0 heterocycles. The first kappa shape index (κ1) is 16.1. The summed E-state index contributed by atoms with van der Waals surface area (Å²) in [6, 6.07) is 14.4. The Morgan fingerprint density at radius 1 is 1.05 bits per heavy atom. The zero-order chi connectivity index (χ0) is 15.5. The molecule has 0 fully saturated rings. The lowest BCUT2D eigenvalue weighted by atomic mass is 9.87. The standard InChI is InChI=1S/C18H22BrNO/c1-18(2,3)14-5-7-15(8-6-14)21-17-9-4-13(10-11-20)12-16(17)19/h4-9,12H,10-11,20H2,1-3H3. The Bertz CT molecular complexity index is 600. The van der Waals surface area contributed by atoms with Gasteiger partial charge in [-0.25, -0.2) is 0 Å². The number of ether oxygens (including phenoxy) is 1. The van der Waals surface area contributed by atoms with E-state index in [4.69, 9.17) is 10.5 Å². The first-order valence-electron chi connectivity index (χ1n) is 7.17. The minimum atomic E-state index is 0.156. The van der Waals surface area contributed by atoms with Crippen LogP contribution in [0.15, 0.2) is 46.9 Å². The van der Waals surface area contributed by atoms with Crippen molar-refractivity contribution in [3.63, 3.8) is 0 Å². The molecule has 0 aliphatic rings. The Hall–Kier alpha value is -1.32. The van der Waals surface area contributed by atoms with E-state index in [1.165, 1.54) is 11.1 Å². The van der Waals surface area contributed by atoms with Crippen molar-refractivity contribution in [1.82, 2.24) is 0 Å². The monoisotopic (exact) mass is 347 g/mol. The molecule has 2 rings (SSSR count). The van der Waals surface area contributed by atoms with Crippen molar-refractivity contribution in [2.75, 3.05) is 6.54 Å². The maximum atomic E-state index is 5.93. The van der Waals surface area contributed by atoms with Crippen LogP contribution >= 0.6 is 15.9 Å². The second kappa shape index (κ2) is 6.63. The van der Waals surface area contributed by atoms with E-state index in [2.05, 4.69) is 61.0 Å². The number of halogens is 1. The number of benzene rings is 2. The lowest BCUT2D eigenvalue weighted by Crippen LogP contribution is -2.10. The Morgan fingerprint density at radius 2 is 1.71 bits per heavy atom. The number of hydrogen-bond acceptors (Lipinski definition) is 2. The van der Waals surface area contributed by atoms with E-state index in [0.717, 1.165) is 22.4 Å². The van der Waals surface area contributed by atoms with Crippen LogP contribution < -0.4 is 10.5 Å². The number of rotatable bonds is 4. The van der Waals surface area contributed by atoms with Crippen LogP contribution in [0.5, 0.6) is 11.5 Å². The van der Waals surface area contributed by atoms with Crippen LogP contribution in [0, 0.1) is 0 Å². The van der Waals surface area contributed by atoms with Gasteiger partial charge in [-0.2, -0.15) is 0 Å². The molecular formula is C18H22BrNO. The summed E-state index contributed by atoms with van der Waals surface area (Å²) in [5.41, 5.74) is 8.24. The summed E-state index contributed by atoms with van der Waals surface area (Å²) >= 11 is 3.56. The van der Waals surface area contributed by atoms with Gasteiger partial charge in [0.2, 0.25) is 0 Å². The van der Waals surface area contributed by atoms with Crippen molar-refractivity contribution in [2.45, 2.75) is 32.6 Å². The molecule has 0 aliphatic heterocycles. The summed E-state index contributed by atoms with van der Waals surface area (Å²) in [4.78, 5) is 0. The topological polar surface area (TPSA) is 35.2 Å². The molecule has 0 aliphatic carbocycles. The molecule has 0 bridgehead atoms. The predicted octanol–water partition coefficient (Wildman–Crippen LogP) is 5.04. The van der Waals surface area contributed by atoms with Gasteiger partial charge in [0.15, 0.2) is 0 Å². The van der Waals surface area contributed by atoms with Gasteiger partial charge < -0.3 is 10.5 Å². The molecule has 0 saturated heterocycles. The highest BCUT2D eigenvalue weighted by Gasteiger charge is 2.13. The van der Waals surface area contributed by atoms with Crippen molar-refractivity contribution in [1.29, 1.82) is 0 Å². The van der Waals surface area contributed by atoms with Gasteiger partial charge in [-0.1, -0.05) is 39.0 Å². The molecule has 2 aromatic rings. The molecule has 0 aromatic heterocycles. The number of nitrogens with two attached hydrogens (primary N) is 1. The summed E-state index contributed by atoms with van der Waals surface area (Å²) in [5.74, 6) is 1.66. The Balaban J connectivity index is 2.15. The second-order valence-electron chi connectivity index (χ2n) is 6.18. The highest BCUT2D eigenvalue weighted by atomic mass is 79.9. The molecule has 0 spiro atoms. The van der Waals surface area contributed by atoms with E-state index in [0.29, 0.717) is 6.54 Å². The highest BCUT2D eigenvalue weighted by Crippen LogP contribution is 2.32. The zero-order valence-corrected chi connectivity index (χ0v) is 14.4. The predicted molar refractivity (Wildman–Crippen MR) is 92.1 cm³/mol. The Labute approximate surface area is 135 Å². The Morgan fingerprint density at radius 3 is 2.24 bits per heavy atom. The van der Waals surface area contributed by atoms with Crippen molar-refractivity contribution in [3.05, 3.63) is 58.1 Å². The van der Waals surface area contributed by atoms with Gasteiger partial charge in [0.05, 0.1) is 4.47 Å². The normalized spacial score (nSPS) is 11.5. The van der Waals surface area contributed by atoms with Gasteiger partial charge in [-0.15, -0.1) is 0 Å². The fourth-order valence-corrected chi connectivity index (χ4v) is 2.61. The van der Waals surface area contributed by atoms with Crippen LogP contribution in [0.4, 0.5) is 0 Å². The lowest BCUT2D eigenvalue weighted by Gasteiger charge is -2.19. The first-order chi connectivity index (χ1) is 9.90. The van der Waals surface area contributed by atoms with Crippen LogP contribution in [0.3, 0.4) is 0 Å². The first-order valence-corrected chi connectivity index (χ1v) is 7.96. The molecule has 2 nitrogen and oxygen atoms in total. The molecule has 21 heavy (non-hydrogen) atoms. The third kappa shape index (κ3) is 4.32. The molecule has 112 valence electrons. The maximum absolute atomic E-state index is 5.93. The summed E-state index contributed by atoms with van der Waals surface area (Å²) in [6.07, 6.45) is 0.874. The largest absolute Gasteiger partial charge is 0.456 e. The van der Waals surface area contributed by atoms with Gasteiger partial charge in [0.25, 0.3) is 0 Å². The average molecular weight is 348 g/mol. The molecule has 0 saturated carbocycles. The van der Waals surface area contributed by atoms with Gasteiger partial charge in [-0.3, -0.25) is 0 Å². The van der Waals surface area contributed by atoms with Crippen molar-refractivity contribution in [3.8, 4) is 11.5 Å². The molecule has 0 amide bonds. The summed E-state index contributed by atoms with van der Waals surface area (Å²) in [6.45, 7) is 7.27. The maximum Gasteiger partial charge on any atom is 0.141 e. The molecule has 2 aromatic carbocycles. The quantitative estimate of drug-likeness (QED) is 0.840. The molecule has 0 radical (unpaired) electrons. The van der Waals surface area contributed by atoms with Crippen LogP contribution in [-0.4, -0.2) is 6.54 Å². The molecule has 0 atom stereocenters. The average Bonchev–Trinajstić information content (AvgIpc) is 2.42. The van der Waals surface area contributed by atoms with E-state index in [1.54, 1.807) is 0 Å². The van der Waals surface area contributed by atoms with Crippen molar-refractivity contribution < 1.29 is 4.74 Å². The highest BCUT2D eigenvalue weighted by molar-refractivity contribution is 9.10. The van der Waals surface area contributed by atoms with E-state index in [-0.39, 0.29) is 5.41 Å². The van der Waals surface area contributed by atoms with E-state index < -0.39 is 0 Å². The smallest absolute Gasteiger partial charge is 0.141 e. The van der Waals surface area contributed by atoms with Crippen molar-refractivity contribution >= 4 is 15.9 Å². The fourth-order valence-electron chi connectivity index (χ4n) is 2.10. The van der Waals surface area contributed by atoms with Gasteiger partial charge in [0, 0.05) is 0 Å². The van der Waals surface area contributed by atoms with Crippen LogP contribution in [0.2, 0.25) is 0 Å². The molecular weight excluding hydrogens is 326 g/mol. The molecule has 2 N–H and O–H groups in total. The third-order valence-electron chi connectivity index (χ3n) is 3.38. The minimum absolute atomic E-state index is 0.156. The van der Waals surface area contributed by atoms with Crippen molar-refractivity contribution in [2.24, 2.45) is 5.73 Å². The van der Waals surface area contributed by atoms with Gasteiger partial charge in [0.1, 0.15) is 11.5 Å². The summed E-state index contributed by atoms with van der Waals surface area (Å²) < 4.78 is 6.88. The fraction of sp³-hybridized carbons (Fsp3) is 0.333. The van der Waals surface area contributed by atoms with Crippen LogP contribution in [0.25, 0.3) is 0 Å². The number of hydrogen-bond donors (Lipinski definition) is 1. The van der Waals surface area contributed by atoms with Gasteiger partial charge in [-0.05, 0) is 69.7 Å². The van der Waals surface area contributed by atoms with E-state index in [9.17, 15) is 0 Å². The molecule has 0 unspecified atom stereocenters. The van der Waals surface area contributed by atoms with Crippen LogP contribution in [0.1, 0.15) is 31.9 Å². The van der Waals surface area contributed by atoms with Gasteiger partial charge >= 0.3 is 0 Å². The lowest BCUT2D eigenvalue weighted by molar-refractivity contribution is 0.478. The Kier molecular flexibility index (Phi) is 5.07. The van der Waals surface area contributed by atoms with E-state index in [1.807, 2.05) is 18.2 Å². The van der Waals surface area contributed by atoms with Crippen LogP contribution in [-0.2, 0) is 11.8 Å². The zero-order valence-electron chi connectivity index (χ0n) is 12.8.